The molecule has 0 unspecified atom stereocenters. The van der Waals surface area contributed by atoms with Crippen LogP contribution in [-0.4, -0.2) is 83.8 Å². The number of likely N-dealkylation sites (N-methyl/N-ethyl adjacent to an activating group) is 1. The average molecular weight is 365 g/mol. The number of pyridine rings is 1. The zero-order chi connectivity index (χ0) is 18.0. The quantitative estimate of drug-likeness (QED) is 0.738. The maximum Gasteiger partial charge on any atom is 0.237 e. The fourth-order valence-electron chi connectivity index (χ4n) is 2.89. The van der Waals surface area contributed by atoms with E-state index in [-0.39, 0.29) is 12.5 Å². The highest BCUT2D eigenvalue weighted by Gasteiger charge is 2.24. The van der Waals surface area contributed by atoms with Crippen LogP contribution in [0.25, 0.3) is 5.65 Å². The highest BCUT2D eigenvalue weighted by atomic mass is 32.2. The van der Waals surface area contributed by atoms with Crippen molar-refractivity contribution in [3.63, 3.8) is 0 Å². The van der Waals surface area contributed by atoms with Crippen LogP contribution in [0, 0.1) is 0 Å². The van der Waals surface area contributed by atoms with E-state index in [4.69, 9.17) is 0 Å². The number of carbonyl (C=O) groups excluding carboxylic acids is 1. The summed E-state index contributed by atoms with van der Waals surface area (Å²) < 4.78 is 26.0. The van der Waals surface area contributed by atoms with Gasteiger partial charge in [-0.25, -0.2) is 13.4 Å². The maximum atomic E-state index is 12.2. The van der Waals surface area contributed by atoms with Crippen LogP contribution in [0.4, 0.5) is 0 Å². The van der Waals surface area contributed by atoms with Crippen LogP contribution in [0.3, 0.4) is 0 Å². The number of nitrogens with zero attached hydrogens (tertiary/aromatic N) is 5. The Labute approximate surface area is 147 Å². The minimum atomic E-state index is -3.34. The van der Waals surface area contributed by atoms with E-state index in [1.54, 1.807) is 4.90 Å². The molecule has 0 aliphatic carbocycles. The molecule has 8 nitrogen and oxygen atoms in total. The largest absolute Gasteiger partial charge is 0.339 e. The van der Waals surface area contributed by atoms with Gasteiger partial charge in [0.15, 0.2) is 0 Å². The van der Waals surface area contributed by atoms with Gasteiger partial charge in [0.05, 0.1) is 24.7 Å². The predicted molar refractivity (Wildman–Crippen MR) is 94.5 cm³/mol. The lowest BCUT2D eigenvalue weighted by molar-refractivity contribution is -0.133. The molecule has 0 N–H and O–H groups in total. The number of sulfonamides is 1. The minimum Gasteiger partial charge on any atom is -0.339 e. The highest BCUT2D eigenvalue weighted by Crippen LogP contribution is 2.11. The Bertz CT molecular complexity index is 856. The first-order valence-corrected chi connectivity index (χ1v) is 10.0. The Balaban J connectivity index is 1.54. The van der Waals surface area contributed by atoms with Gasteiger partial charge in [-0.1, -0.05) is 6.07 Å². The second-order valence-corrected chi connectivity index (χ2v) is 8.44. The van der Waals surface area contributed by atoms with Gasteiger partial charge in [0.1, 0.15) is 5.65 Å². The molecule has 1 saturated heterocycles. The molecule has 0 bridgehead atoms. The van der Waals surface area contributed by atoms with Crippen molar-refractivity contribution in [1.82, 2.24) is 23.5 Å². The average Bonchev–Trinajstić information content (AvgIpc) is 2.98. The number of carbonyl (C=O) groups is 1. The lowest BCUT2D eigenvalue weighted by atomic mass is 10.3. The first-order chi connectivity index (χ1) is 11.8. The van der Waals surface area contributed by atoms with Gasteiger partial charge in [-0.05, 0) is 12.1 Å². The molecule has 2 aromatic rings. The number of rotatable bonds is 5. The molecule has 1 fully saturated rings. The van der Waals surface area contributed by atoms with Crippen LogP contribution in [0.2, 0.25) is 0 Å². The predicted octanol–water partition coefficient (Wildman–Crippen LogP) is -0.130. The van der Waals surface area contributed by atoms with Gasteiger partial charge in [0, 0.05) is 46.0 Å². The Kier molecular flexibility index (Phi) is 5.07. The summed E-state index contributed by atoms with van der Waals surface area (Å²) in [7, 11) is -1.91. The van der Waals surface area contributed by atoms with Crippen molar-refractivity contribution in [3.05, 3.63) is 36.3 Å². The zero-order valence-corrected chi connectivity index (χ0v) is 15.3. The number of hydrogen-bond donors (Lipinski definition) is 0. The van der Waals surface area contributed by atoms with Gasteiger partial charge in [-0.15, -0.1) is 0 Å². The van der Waals surface area contributed by atoms with E-state index in [0.29, 0.717) is 13.1 Å². The van der Waals surface area contributed by atoms with Crippen molar-refractivity contribution in [2.24, 2.45) is 0 Å². The van der Waals surface area contributed by atoms with Gasteiger partial charge in [-0.2, -0.15) is 4.31 Å². The molecule has 1 aliphatic rings. The van der Waals surface area contributed by atoms with E-state index in [1.807, 2.05) is 30.6 Å². The third-order valence-corrected chi connectivity index (χ3v) is 5.79. The van der Waals surface area contributed by atoms with E-state index in [2.05, 4.69) is 14.3 Å². The summed E-state index contributed by atoms with van der Waals surface area (Å²) in [5.74, 6) is -0.151. The molecule has 0 spiro atoms. The van der Waals surface area contributed by atoms with E-state index >= 15 is 0 Å². The molecule has 0 aromatic carbocycles. The number of imidazole rings is 1. The fourth-order valence-corrected chi connectivity index (χ4v) is 3.24. The van der Waals surface area contributed by atoms with Gasteiger partial charge < -0.3 is 9.30 Å². The Morgan fingerprint density at radius 2 is 1.96 bits per heavy atom. The number of piperazine rings is 1. The lowest BCUT2D eigenvalue weighted by Crippen LogP contribution is -2.51. The molecule has 0 radical (unpaired) electrons. The molecular formula is C16H23N5O3S. The van der Waals surface area contributed by atoms with Crippen LogP contribution >= 0.6 is 0 Å². The molecule has 9 heteroatoms. The summed E-state index contributed by atoms with van der Waals surface area (Å²) in [4.78, 5) is 20.6. The molecule has 1 aliphatic heterocycles. The third-order valence-electron chi connectivity index (χ3n) is 4.53. The Morgan fingerprint density at radius 1 is 1.24 bits per heavy atom. The van der Waals surface area contributed by atoms with Crippen molar-refractivity contribution >= 4 is 21.6 Å². The van der Waals surface area contributed by atoms with Crippen LogP contribution in [-0.2, 0) is 21.4 Å². The van der Waals surface area contributed by atoms with Crippen LogP contribution < -0.4 is 0 Å². The first-order valence-electron chi connectivity index (χ1n) is 8.17. The molecular weight excluding hydrogens is 342 g/mol. The van der Waals surface area contributed by atoms with Gasteiger partial charge in [0.2, 0.25) is 15.9 Å². The molecule has 2 aromatic heterocycles. The number of hydrogen-bond acceptors (Lipinski definition) is 5. The molecule has 0 saturated carbocycles. The molecule has 0 atom stereocenters. The van der Waals surface area contributed by atoms with Crippen molar-refractivity contribution in [2.45, 2.75) is 6.54 Å². The van der Waals surface area contributed by atoms with Gasteiger partial charge >= 0.3 is 0 Å². The molecule has 136 valence electrons. The van der Waals surface area contributed by atoms with Crippen molar-refractivity contribution in [1.29, 1.82) is 0 Å². The maximum absolute atomic E-state index is 12.2. The molecule has 3 heterocycles. The number of amides is 1. The van der Waals surface area contributed by atoms with Crippen LogP contribution in [0.5, 0.6) is 0 Å². The molecule has 3 rings (SSSR count). The zero-order valence-electron chi connectivity index (χ0n) is 14.5. The van der Waals surface area contributed by atoms with Crippen LogP contribution in [0.15, 0.2) is 30.6 Å². The Hall–Kier alpha value is -1.97. The van der Waals surface area contributed by atoms with Gasteiger partial charge in [0.25, 0.3) is 0 Å². The van der Waals surface area contributed by atoms with E-state index in [9.17, 15) is 13.2 Å². The van der Waals surface area contributed by atoms with Crippen LogP contribution in [0.1, 0.15) is 5.69 Å². The SMILES string of the molecule is CN(CC(=O)N1CCN(Cc2cnc3ccccn23)CC1)S(C)(=O)=O. The fraction of sp³-hybridized carbons (Fsp3) is 0.500. The summed E-state index contributed by atoms with van der Waals surface area (Å²) in [5.41, 5.74) is 2.04. The summed E-state index contributed by atoms with van der Waals surface area (Å²) in [6, 6.07) is 5.91. The van der Waals surface area contributed by atoms with Gasteiger partial charge in [-0.3, -0.25) is 9.69 Å². The summed E-state index contributed by atoms with van der Waals surface area (Å²) in [6.45, 7) is 3.39. The number of fused-ring (bicyclic) bond motifs is 1. The van der Waals surface area contributed by atoms with E-state index in [1.165, 1.54) is 7.05 Å². The highest BCUT2D eigenvalue weighted by molar-refractivity contribution is 7.88. The summed E-state index contributed by atoms with van der Waals surface area (Å²) in [5, 5.41) is 0. The Morgan fingerprint density at radius 3 is 2.64 bits per heavy atom. The second kappa shape index (κ2) is 7.11. The molecule has 1 amide bonds. The van der Waals surface area contributed by atoms with E-state index < -0.39 is 10.0 Å². The smallest absolute Gasteiger partial charge is 0.237 e. The van der Waals surface area contributed by atoms with E-state index in [0.717, 1.165) is 41.5 Å². The second-order valence-electron chi connectivity index (χ2n) is 6.35. The first kappa shape index (κ1) is 17.8. The normalized spacial score (nSPS) is 16.7. The lowest BCUT2D eigenvalue weighted by Gasteiger charge is -2.35. The standard InChI is InChI=1S/C16H23N5O3S/c1-18(25(2,23)24)13-16(22)20-9-7-19(8-10-20)12-14-11-17-15-5-3-4-6-21(14)15/h3-6,11H,7-10,12-13H2,1-2H3. The van der Waals surface area contributed by atoms with Crippen molar-refractivity contribution in [3.8, 4) is 0 Å². The molecule has 25 heavy (non-hydrogen) atoms. The summed E-state index contributed by atoms with van der Waals surface area (Å²) >= 11 is 0. The summed E-state index contributed by atoms with van der Waals surface area (Å²) in [6.07, 6.45) is 4.99. The van der Waals surface area contributed by atoms with Crippen molar-refractivity contribution < 1.29 is 13.2 Å². The topological polar surface area (TPSA) is 78.2 Å². The third kappa shape index (κ3) is 4.17. The number of aromatic nitrogens is 2. The monoisotopic (exact) mass is 365 g/mol. The minimum absolute atomic E-state index is 0.105. The van der Waals surface area contributed by atoms with Crippen molar-refractivity contribution in [2.75, 3.05) is 46.0 Å².